The largest absolute Gasteiger partial charge is 0.289 e. The first-order chi connectivity index (χ1) is 8.11. The van der Waals surface area contributed by atoms with Gasteiger partial charge in [-0.3, -0.25) is 4.79 Å². The van der Waals surface area contributed by atoms with Gasteiger partial charge >= 0.3 is 0 Å². The molecule has 0 saturated carbocycles. The third kappa shape index (κ3) is 2.25. The summed E-state index contributed by atoms with van der Waals surface area (Å²) >= 11 is 6.03. The number of carbonyl (C=O) groups excluding carboxylic acids is 1. The van der Waals surface area contributed by atoms with Crippen LogP contribution in [0.25, 0.3) is 0 Å². The lowest BCUT2D eigenvalue weighted by Gasteiger charge is -2.08. The average Bonchev–Trinajstić information content (AvgIpc) is 2.32. The van der Waals surface area contributed by atoms with Gasteiger partial charge in [0.05, 0.1) is 0 Å². The van der Waals surface area contributed by atoms with E-state index in [1.165, 1.54) is 0 Å². The summed E-state index contributed by atoms with van der Waals surface area (Å²) in [6.07, 6.45) is 0. The minimum atomic E-state index is 0.0306. The molecule has 1 nitrogen and oxygen atoms in total. The molecule has 0 spiro atoms. The van der Waals surface area contributed by atoms with E-state index in [1.807, 2.05) is 44.2 Å². The highest BCUT2D eigenvalue weighted by Crippen LogP contribution is 2.22. The van der Waals surface area contributed by atoms with Crippen LogP contribution in [0.2, 0.25) is 5.02 Å². The Balaban J connectivity index is 2.52. The van der Waals surface area contributed by atoms with Gasteiger partial charge in [0, 0.05) is 16.1 Å². The number of aryl methyl sites for hydroxylation is 1. The molecule has 0 aliphatic rings. The maximum atomic E-state index is 12.4. The highest BCUT2D eigenvalue weighted by molar-refractivity contribution is 6.32. The molecule has 0 bridgehead atoms. The second-order valence-electron chi connectivity index (χ2n) is 4.06. The number of hydrogen-bond donors (Lipinski definition) is 0. The van der Waals surface area contributed by atoms with E-state index in [-0.39, 0.29) is 5.78 Å². The Hall–Kier alpha value is -1.60. The van der Waals surface area contributed by atoms with E-state index in [1.54, 1.807) is 12.1 Å². The molecule has 0 amide bonds. The Morgan fingerprint density at radius 3 is 2.29 bits per heavy atom. The smallest absolute Gasteiger partial charge is 0.193 e. The fraction of sp³-hybridized carbons (Fsp3) is 0.133. The Labute approximate surface area is 106 Å². The zero-order valence-electron chi connectivity index (χ0n) is 9.83. The van der Waals surface area contributed by atoms with Gasteiger partial charge in [0.25, 0.3) is 0 Å². The monoisotopic (exact) mass is 244 g/mol. The molecule has 2 rings (SSSR count). The predicted octanol–water partition coefficient (Wildman–Crippen LogP) is 4.19. The third-order valence-corrected chi connectivity index (χ3v) is 3.31. The van der Waals surface area contributed by atoms with Crippen molar-refractivity contribution in [2.24, 2.45) is 0 Å². The van der Waals surface area contributed by atoms with Crippen molar-refractivity contribution in [2.75, 3.05) is 0 Å². The Kier molecular flexibility index (Phi) is 3.30. The molecule has 0 atom stereocenters. The SMILES string of the molecule is Cc1ccccc1C(=O)c1cccc(Cl)c1C. The lowest BCUT2D eigenvalue weighted by atomic mass is 9.96. The van der Waals surface area contributed by atoms with E-state index in [2.05, 4.69) is 0 Å². The molecule has 0 aromatic heterocycles. The number of ketones is 1. The first-order valence-corrected chi connectivity index (χ1v) is 5.84. The van der Waals surface area contributed by atoms with Crippen molar-refractivity contribution in [1.82, 2.24) is 0 Å². The topological polar surface area (TPSA) is 17.1 Å². The Morgan fingerprint density at radius 1 is 0.941 bits per heavy atom. The second kappa shape index (κ2) is 4.72. The number of hydrogen-bond acceptors (Lipinski definition) is 1. The summed E-state index contributed by atoms with van der Waals surface area (Å²) < 4.78 is 0. The van der Waals surface area contributed by atoms with Crippen LogP contribution in [0, 0.1) is 13.8 Å². The summed E-state index contributed by atoms with van der Waals surface area (Å²) in [6, 6.07) is 13.0. The molecule has 0 unspecified atom stereocenters. The van der Waals surface area contributed by atoms with Gasteiger partial charge in [0.2, 0.25) is 0 Å². The molecular formula is C15H13ClO. The number of benzene rings is 2. The van der Waals surface area contributed by atoms with Crippen molar-refractivity contribution in [1.29, 1.82) is 0 Å². The van der Waals surface area contributed by atoms with Crippen LogP contribution < -0.4 is 0 Å². The van der Waals surface area contributed by atoms with Crippen molar-refractivity contribution in [3.8, 4) is 0 Å². The van der Waals surface area contributed by atoms with Crippen molar-refractivity contribution >= 4 is 17.4 Å². The number of carbonyl (C=O) groups is 1. The lowest BCUT2D eigenvalue weighted by Crippen LogP contribution is -2.05. The molecule has 0 radical (unpaired) electrons. The van der Waals surface area contributed by atoms with Crippen LogP contribution >= 0.6 is 11.6 Å². The zero-order chi connectivity index (χ0) is 12.4. The lowest BCUT2D eigenvalue weighted by molar-refractivity contribution is 0.103. The molecule has 17 heavy (non-hydrogen) atoms. The Morgan fingerprint density at radius 2 is 1.59 bits per heavy atom. The molecule has 0 fully saturated rings. The van der Waals surface area contributed by atoms with Crippen molar-refractivity contribution in [3.63, 3.8) is 0 Å². The average molecular weight is 245 g/mol. The summed E-state index contributed by atoms with van der Waals surface area (Å²) in [5.74, 6) is 0.0306. The summed E-state index contributed by atoms with van der Waals surface area (Å²) in [6.45, 7) is 3.81. The van der Waals surface area contributed by atoms with Crippen LogP contribution in [0.4, 0.5) is 0 Å². The summed E-state index contributed by atoms with van der Waals surface area (Å²) in [5, 5.41) is 0.629. The molecule has 0 N–H and O–H groups in total. The predicted molar refractivity (Wildman–Crippen MR) is 70.8 cm³/mol. The van der Waals surface area contributed by atoms with Gasteiger partial charge in [-0.2, -0.15) is 0 Å². The minimum Gasteiger partial charge on any atom is -0.289 e. The first kappa shape index (κ1) is 11.9. The molecule has 2 aromatic carbocycles. The highest BCUT2D eigenvalue weighted by atomic mass is 35.5. The standard InChI is InChI=1S/C15H13ClO/c1-10-6-3-4-7-12(10)15(17)13-8-5-9-14(16)11(13)2/h3-9H,1-2H3. The van der Waals surface area contributed by atoms with E-state index < -0.39 is 0 Å². The quantitative estimate of drug-likeness (QED) is 0.724. The van der Waals surface area contributed by atoms with Crippen LogP contribution in [0.1, 0.15) is 27.0 Å². The van der Waals surface area contributed by atoms with Crippen molar-refractivity contribution < 1.29 is 4.79 Å². The van der Waals surface area contributed by atoms with Gasteiger partial charge in [0.15, 0.2) is 5.78 Å². The minimum absolute atomic E-state index is 0.0306. The molecule has 86 valence electrons. The van der Waals surface area contributed by atoms with Gasteiger partial charge in [-0.15, -0.1) is 0 Å². The third-order valence-electron chi connectivity index (χ3n) is 2.90. The normalized spacial score (nSPS) is 10.3. The van der Waals surface area contributed by atoms with Crippen LogP contribution in [0.3, 0.4) is 0 Å². The van der Waals surface area contributed by atoms with Gasteiger partial charge in [-0.25, -0.2) is 0 Å². The molecule has 2 heteroatoms. The Bertz CT molecular complexity index is 573. The molecule has 0 aliphatic heterocycles. The second-order valence-corrected chi connectivity index (χ2v) is 4.46. The number of rotatable bonds is 2. The van der Waals surface area contributed by atoms with Crippen LogP contribution in [-0.2, 0) is 0 Å². The summed E-state index contributed by atoms with van der Waals surface area (Å²) in [5.41, 5.74) is 3.23. The molecule has 2 aromatic rings. The van der Waals surface area contributed by atoms with Gasteiger partial charge in [-0.05, 0) is 31.0 Å². The number of halogens is 1. The van der Waals surface area contributed by atoms with E-state index in [0.717, 1.165) is 16.7 Å². The fourth-order valence-electron chi connectivity index (χ4n) is 1.83. The molecule has 0 aliphatic carbocycles. The summed E-state index contributed by atoms with van der Waals surface area (Å²) in [7, 11) is 0. The highest BCUT2D eigenvalue weighted by Gasteiger charge is 2.14. The maximum absolute atomic E-state index is 12.4. The van der Waals surface area contributed by atoms with Crippen LogP contribution in [-0.4, -0.2) is 5.78 Å². The van der Waals surface area contributed by atoms with E-state index in [9.17, 15) is 4.79 Å². The van der Waals surface area contributed by atoms with E-state index >= 15 is 0 Å². The fourth-order valence-corrected chi connectivity index (χ4v) is 2.00. The van der Waals surface area contributed by atoms with Crippen LogP contribution in [0.5, 0.6) is 0 Å². The van der Waals surface area contributed by atoms with Gasteiger partial charge < -0.3 is 0 Å². The van der Waals surface area contributed by atoms with Crippen molar-refractivity contribution in [3.05, 3.63) is 69.7 Å². The van der Waals surface area contributed by atoms with Gasteiger partial charge in [-0.1, -0.05) is 48.0 Å². The first-order valence-electron chi connectivity index (χ1n) is 5.46. The summed E-state index contributed by atoms with van der Waals surface area (Å²) in [4.78, 5) is 12.4. The molecule has 0 heterocycles. The van der Waals surface area contributed by atoms with E-state index in [0.29, 0.717) is 10.6 Å². The molecular weight excluding hydrogens is 232 g/mol. The zero-order valence-corrected chi connectivity index (χ0v) is 10.6. The van der Waals surface area contributed by atoms with Gasteiger partial charge in [0.1, 0.15) is 0 Å². The van der Waals surface area contributed by atoms with Crippen molar-refractivity contribution in [2.45, 2.75) is 13.8 Å². The van der Waals surface area contributed by atoms with Crippen LogP contribution in [0.15, 0.2) is 42.5 Å². The maximum Gasteiger partial charge on any atom is 0.193 e. The molecule has 0 saturated heterocycles. The van der Waals surface area contributed by atoms with E-state index in [4.69, 9.17) is 11.6 Å².